The van der Waals surface area contributed by atoms with E-state index in [1.807, 2.05) is 39.0 Å². The lowest BCUT2D eigenvalue weighted by molar-refractivity contribution is 0.00382. The van der Waals surface area contributed by atoms with Crippen molar-refractivity contribution in [1.29, 1.82) is 0 Å². The highest BCUT2D eigenvalue weighted by atomic mass is 127. The van der Waals surface area contributed by atoms with E-state index in [1.165, 1.54) is 0 Å². The van der Waals surface area contributed by atoms with Crippen molar-refractivity contribution in [3.63, 3.8) is 0 Å². The van der Waals surface area contributed by atoms with Crippen molar-refractivity contribution in [3.05, 3.63) is 33.6 Å². The number of hydrogen-bond acceptors (Lipinski definition) is 3. The van der Waals surface area contributed by atoms with Crippen molar-refractivity contribution in [2.45, 2.75) is 26.4 Å². The van der Waals surface area contributed by atoms with Crippen LogP contribution < -0.4 is 0 Å². The highest BCUT2D eigenvalue weighted by Crippen LogP contribution is 2.23. The molecule has 0 spiro atoms. The molecule has 0 bridgehead atoms. The van der Waals surface area contributed by atoms with Gasteiger partial charge in [-0.25, -0.2) is 4.79 Å². The third kappa shape index (κ3) is 3.00. The van der Waals surface area contributed by atoms with Crippen LogP contribution in [0.1, 0.15) is 31.3 Å². The number of carbonyl (C=O) groups excluding carboxylic acids is 1. The van der Waals surface area contributed by atoms with Gasteiger partial charge >= 0.3 is 5.97 Å². The first-order valence-electron chi connectivity index (χ1n) is 5.27. The zero-order chi connectivity index (χ0) is 12.6. The normalized spacial score (nSPS) is 11.8. The second-order valence-corrected chi connectivity index (χ2v) is 6.04. The Balaban J connectivity index is 2.33. The molecule has 90 valence electrons. The molecule has 3 nitrogen and oxygen atoms in total. The number of carbonyl (C=O) groups is 1. The lowest BCUT2D eigenvalue weighted by Gasteiger charge is -2.18. The molecular formula is C13H13IO3. The summed E-state index contributed by atoms with van der Waals surface area (Å²) >= 11 is 2.22. The predicted molar refractivity (Wildman–Crippen MR) is 74.1 cm³/mol. The van der Waals surface area contributed by atoms with Gasteiger partial charge in [0.05, 0.1) is 0 Å². The van der Waals surface area contributed by atoms with Crippen LogP contribution in [0.5, 0.6) is 0 Å². The maximum atomic E-state index is 11.8. The zero-order valence-electron chi connectivity index (χ0n) is 9.91. The molecule has 2 rings (SSSR count). The molecule has 0 radical (unpaired) electrons. The van der Waals surface area contributed by atoms with Gasteiger partial charge in [0.25, 0.3) is 0 Å². The topological polar surface area (TPSA) is 39.4 Å². The fraction of sp³-hybridized carbons (Fsp3) is 0.308. The summed E-state index contributed by atoms with van der Waals surface area (Å²) in [5.41, 5.74) is 0.191. The van der Waals surface area contributed by atoms with Crippen molar-refractivity contribution < 1.29 is 13.9 Å². The number of rotatable bonds is 1. The third-order valence-electron chi connectivity index (χ3n) is 2.08. The smallest absolute Gasteiger partial charge is 0.374 e. The van der Waals surface area contributed by atoms with Gasteiger partial charge in [-0.1, -0.05) is 0 Å². The Labute approximate surface area is 113 Å². The monoisotopic (exact) mass is 344 g/mol. The van der Waals surface area contributed by atoms with Gasteiger partial charge in [0.1, 0.15) is 11.2 Å². The van der Waals surface area contributed by atoms with Crippen LogP contribution in [-0.4, -0.2) is 11.6 Å². The molecule has 0 aliphatic heterocycles. The van der Waals surface area contributed by atoms with E-state index >= 15 is 0 Å². The van der Waals surface area contributed by atoms with Crippen LogP contribution in [0.15, 0.2) is 28.7 Å². The number of hydrogen-bond donors (Lipinski definition) is 0. The molecule has 0 aliphatic carbocycles. The van der Waals surface area contributed by atoms with Crippen molar-refractivity contribution in [2.24, 2.45) is 0 Å². The lowest BCUT2D eigenvalue weighted by Crippen LogP contribution is -2.23. The predicted octanol–water partition coefficient (Wildman–Crippen LogP) is 3.99. The quantitative estimate of drug-likeness (QED) is 0.580. The van der Waals surface area contributed by atoms with Gasteiger partial charge in [0.2, 0.25) is 5.76 Å². The fourth-order valence-corrected chi connectivity index (χ4v) is 1.96. The summed E-state index contributed by atoms with van der Waals surface area (Å²) in [5, 5.41) is 0.915. The Kier molecular flexibility index (Phi) is 3.16. The Bertz CT molecular complexity index is 564. The van der Waals surface area contributed by atoms with Crippen LogP contribution in [0.3, 0.4) is 0 Å². The van der Waals surface area contributed by atoms with Crippen molar-refractivity contribution >= 4 is 39.5 Å². The molecule has 0 atom stereocenters. The molecule has 1 aromatic heterocycles. The molecule has 4 heteroatoms. The Morgan fingerprint density at radius 3 is 2.65 bits per heavy atom. The van der Waals surface area contributed by atoms with Gasteiger partial charge in [-0.15, -0.1) is 0 Å². The Morgan fingerprint density at radius 1 is 1.29 bits per heavy atom. The van der Waals surface area contributed by atoms with Gasteiger partial charge in [-0.05, 0) is 67.6 Å². The minimum atomic E-state index is -0.509. The summed E-state index contributed by atoms with van der Waals surface area (Å²) in [6.45, 7) is 5.49. The minimum absolute atomic E-state index is 0.247. The van der Waals surface area contributed by atoms with Gasteiger partial charge in [-0.2, -0.15) is 0 Å². The molecule has 1 heterocycles. The zero-order valence-corrected chi connectivity index (χ0v) is 12.1. The molecule has 0 aliphatic rings. The number of halogens is 1. The van der Waals surface area contributed by atoms with Crippen molar-refractivity contribution in [2.75, 3.05) is 0 Å². The first kappa shape index (κ1) is 12.4. The average molecular weight is 344 g/mol. The second-order valence-electron chi connectivity index (χ2n) is 4.79. The largest absolute Gasteiger partial charge is 0.454 e. The van der Waals surface area contributed by atoms with Gasteiger partial charge in [0, 0.05) is 8.96 Å². The van der Waals surface area contributed by atoms with E-state index < -0.39 is 11.6 Å². The molecule has 0 saturated heterocycles. The number of benzene rings is 1. The van der Waals surface area contributed by atoms with E-state index in [1.54, 1.807) is 6.07 Å². The molecule has 0 N–H and O–H groups in total. The SMILES string of the molecule is CC(C)(C)OC(=O)c1cc2cc(I)ccc2o1. The highest BCUT2D eigenvalue weighted by Gasteiger charge is 2.21. The van der Waals surface area contributed by atoms with Crippen LogP contribution in [0.2, 0.25) is 0 Å². The molecule has 0 unspecified atom stereocenters. The standard InChI is InChI=1S/C13H13IO3/c1-13(2,3)17-12(15)11-7-8-6-9(14)4-5-10(8)16-11/h4-7H,1-3H3. The van der Waals surface area contributed by atoms with Gasteiger partial charge in [-0.3, -0.25) is 0 Å². The summed E-state index contributed by atoms with van der Waals surface area (Å²) in [5.74, 6) is -0.180. The number of furan rings is 1. The van der Waals surface area contributed by atoms with Crippen LogP contribution in [0.25, 0.3) is 11.0 Å². The van der Waals surface area contributed by atoms with E-state index in [4.69, 9.17) is 9.15 Å². The summed E-state index contributed by atoms with van der Waals surface area (Å²) in [6, 6.07) is 7.47. The van der Waals surface area contributed by atoms with Crippen LogP contribution >= 0.6 is 22.6 Å². The van der Waals surface area contributed by atoms with Crippen LogP contribution in [0.4, 0.5) is 0 Å². The fourth-order valence-electron chi connectivity index (χ4n) is 1.44. The molecule has 0 saturated carbocycles. The van der Waals surface area contributed by atoms with E-state index in [0.717, 1.165) is 8.96 Å². The summed E-state index contributed by atoms with van der Waals surface area (Å²) in [6.07, 6.45) is 0. The summed E-state index contributed by atoms with van der Waals surface area (Å²) < 4.78 is 11.8. The first-order chi connectivity index (χ1) is 7.85. The summed E-state index contributed by atoms with van der Waals surface area (Å²) in [4.78, 5) is 11.8. The minimum Gasteiger partial charge on any atom is -0.454 e. The average Bonchev–Trinajstić information content (AvgIpc) is 2.57. The van der Waals surface area contributed by atoms with E-state index in [2.05, 4.69) is 22.6 Å². The highest BCUT2D eigenvalue weighted by molar-refractivity contribution is 14.1. The van der Waals surface area contributed by atoms with Crippen LogP contribution in [0, 0.1) is 3.57 Å². The molecule has 0 fully saturated rings. The van der Waals surface area contributed by atoms with E-state index in [0.29, 0.717) is 5.58 Å². The lowest BCUT2D eigenvalue weighted by atomic mass is 10.2. The number of fused-ring (bicyclic) bond motifs is 1. The molecular weight excluding hydrogens is 331 g/mol. The number of esters is 1. The van der Waals surface area contributed by atoms with E-state index in [-0.39, 0.29) is 5.76 Å². The van der Waals surface area contributed by atoms with Crippen LogP contribution in [-0.2, 0) is 4.74 Å². The Hall–Kier alpha value is -1.04. The molecule has 2 aromatic rings. The Morgan fingerprint density at radius 2 is 2.00 bits per heavy atom. The second kappa shape index (κ2) is 4.33. The maximum Gasteiger partial charge on any atom is 0.374 e. The van der Waals surface area contributed by atoms with Gasteiger partial charge < -0.3 is 9.15 Å². The third-order valence-corrected chi connectivity index (χ3v) is 2.75. The first-order valence-corrected chi connectivity index (χ1v) is 6.35. The molecule has 1 aromatic carbocycles. The molecule has 0 amide bonds. The van der Waals surface area contributed by atoms with Crippen molar-refractivity contribution in [1.82, 2.24) is 0 Å². The number of ether oxygens (including phenoxy) is 1. The summed E-state index contributed by atoms with van der Waals surface area (Å²) in [7, 11) is 0. The van der Waals surface area contributed by atoms with Gasteiger partial charge in [0.15, 0.2) is 0 Å². The molecule has 17 heavy (non-hydrogen) atoms. The van der Waals surface area contributed by atoms with Crippen molar-refractivity contribution in [3.8, 4) is 0 Å². The maximum absolute atomic E-state index is 11.8. The van der Waals surface area contributed by atoms with E-state index in [9.17, 15) is 4.79 Å².